The van der Waals surface area contributed by atoms with Crippen LogP contribution in [0.4, 0.5) is 28.8 Å². The van der Waals surface area contributed by atoms with Crippen LogP contribution in [0.5, 0.6) is 11.5 Å². The molecule has 0 spiro atoms. The molecule has 0 aliphatic rings. The largest absolute Gasteiger partial charge is 0.493 e. The highest BCUT2D eigenvalue weighted by Crippen LogP contribution is 2.28. The van der Waals surface area contributed by atoms with Crippen molar-refractivity contribution in [2.75, 3.05) is 30.2 Å². The fraction of sp³-hybridized carbons (Fsp3) is 0.148. The quantitative estimate of drug-likeness (QED) is 0.298. The molecule has 8 heteroatoms. The van der Waals surface area contributed by atoms with Crippen LogP contribution in [-0.2, 0) is 0 Å². The number of amides is 1. The van der Waals surface area contributed by atoms with Crippen molar-refractivity contribution in [2.45, 2.75) is 13.8 Å². The van der Waals surface area contributed by atoms with Gasteiger partial charge in [-0.1, -0.05) is 17.7 Å². The van der Waals surface area contributed by atoms with Crippen LogP contribution in [0.3, 0.4) is 0 Å². The summed E-state index contributed by atoms with van der Waals surface area (Å²) in [5, 5.41) is 9.40. The van der Waals surface area contributed by atoms with Crippen LogP contribution in [0.25, 0.3) is 0 Å². The normalized spacial score (nSPS) is 10.4. The second-order valence-corrected chi connectivity index (χ2v) is 7.94. The molecule has 178 valence electrons. The van der Waals surface area contributed by atoms with Crippen LogP contribution in [-0.4, -0.2) is 30.1 Å². The van der Waals surface area contributed by atoms with E-state index in [1.807, 2.05) is 68.4 Å². The van der Waals surface area contributed by atoms with Crippen molar-refractivity contribution < 1.29 is 14.3 Å². The van der Waals surface area contributed by atoms with Gasteiger partial charge < -0.3 is 25.4 Å². The molecule has 1 aromatic heterocycles. The first-order valence-corrected chi connectivity index (χ1v) is 11.0. The number of anilines is 5. The molecular formula is C27H27N5O3. The minimum Gasteiger partial charge on any atom is -0.493 e. The van der Waals surface area contributed by atoms with Crippen molar-refractivity contribution in [1.82, 2.24) is 9.97 Å². The summed E-state index contributed by atoms with van der Waals surface area (Å²) in [4.78, 5) is 21.7. The molecule has 0 unspecified atom stereocenters. The molecule has 3 aromatic carbocycles. The molecule has 1 heterocycles. The van der Waals surface area contributed by atoms with Gasteiger partial charge in [-0.3, -0.25) is 4.79 Å². The van der Waals surface area contributed by atoms with Crippen LogP contribution < -0.4 is 25.4 Å². The topological polar surface area (TPSA) is 97.4 Å². The highest BCUT2D eigenvalue weighted by molar-refractivity contribution is 6.04. The van der Waals surface area contributed by atoms with Crippen molar-refractivity contribution in [3.05, 3.63) is 89.6 Å². The summed E-state index contributed by atoms with van der Waals surface area (Å²) >= 11 is 0. The minimum absolute atomic E-state index is 0.250. The van der Waals surface area contributed by atoms with Crippen molar-refractivity contribution in [2.24, 2.45) is 0 Å². The summed E-state index contributed by atoms with van der Waals surface area (Å²) in [7, 11) is 3.08. The number of hydrogen-bond acceptors (Lipinski definition) is 7. The van der Waals surface area contributed by atoms with E-state index in [0.29, 0.717) is 34.5 Å². The molecular weight excluding hydrogens is 442 g/mol. The highest BCUT2D eigenvalue weighted by atomic mass is 16.5. The van der Waals surface area contributed by atoms with Crippen LogP contribution in [0.15, 0.2) is 72.8 Å². The predicted octanol–water partition coefficient (Wildman–Crippen LogP) is 5.85. The Kier molecular flexibility index (Phi) is 7.11. The van der Waals surface area contributed by atoms with Crippen LogP contribution in [0, 0.1) is 13.8 Å². The van der Waals surface area contributed by atoms with E-state index in [-0.39, 0.29) is 5.91 Å². The first-order chi connectivity index (χ1) is 16.9. The monoisotopic (exact) mass is 469 g/mol. The van der Waals surface area contributed by atoms with Crippen LogP contribution >= 0.6 is 0 Å². The zero-order valence-electron chi connectivity index (χ0n) is 20.0. The lowest BCUT2D eigenvalue weighted by Crippen LogP contribution is -2.12. The van der Waals surface area contributed by atoms with E-state index in [9.17, 15) is 4.79 Å². The second-order valence-electron chi connectivity index (χ2n) is 7.94. The van der Waals surface area contributed by atoms with E-state index in [2.05, 4.69) is 25.9 Å². The van der Waals surface area contributed by atoms with Crippen molar-refractivity contribution in [3.63, 3.8) is 0 Å². The number of carbonyl (C=O) groups excluding carboxylic acids is 1. The van der Waals surface area contributed by atoms with Crippen LogP contribution in [0.2, 0.25) is 0 Å². The molecule has 4 aromatic rings. The predicted molar refractivity (Wildman–Crippen MR) is 138 cm³/mol. The Morgan fingerprint density at radius 2 is 1.34 bits per heavy atom. The van der Waals surface area contributed by atoms with E-state index < -0.39 is 0 Å². The molecule has 8 nitrogen and oxygen atoms in total. The Morgan fingerprint density at radius 1 is 0.714 bits per heavy atom. The molecule has 3 N–H and O–H groups in total. The molecule has 0 saturated carbocycles. The maximum atomic E-state index is 12.7. The van der Waals surface area contributed by atoms with Gasteiger partial charge >= 0.3 is 0 Å². The number of nitrogens with zero attached hydrogens (tertiary/aromatic N) is 2. The summed E-state index contributed by atoms with van der Waals surface area (Å²) in [6.45, 7) is 3.97. The van der Waals surface area contributed by atoms with Gasteiger partial charge in [0.05, 0.1) is 14.2 Å². The number of methoxy groups -OCH3 is 2. The van der Waals surface area contributed by atoms with E-state index >= 15 is 0 Å². The van der Waals surface area contributed by atoms with Crippen molar-refractivity contribution in [3.8, 4) is 11.5 Å². The number of aryl methyl sites for hydroxylation is 2. The molecule has 0 saturated heterocycles. The van der Waals surface area contributed by atoms with Gasteiger partial charge in [-0.25, -0.2) is 4.98 Å². The van der Waals surface area contributed by atoms with Gasteiger partial charge in [-0.2, -0.15) is 4.98 Å². The maximum Gasteiger partial charge on any atom is 0.255 e. The third-order valence-electron chi connectivity index (χ3n) is 5.22. The van der Waals surface area contributed by atoms with E-state index in [4.69, 9.17) is 9.47 Å². The number of nitrogens with one attached hydrogen (secondary N) is 3. The zero-order chi connectivity index (χ0) is 24.8. The third kappa shape index (κ3) is 6.05. The van der Waals surface area contributed by atoms with Crippen LogP contribution in [0.1, 0.15) is 21.6 Å². The number of aromatic nitrogens is 2. The Balaban J connectivity index is 1.42. The lowest BCUT2D eigenvalue weighted by molar-refractivity contribution is 0.102. The standard InChI is InChI=1S/C27H27N5O3/c1-17-5-8-20(9-6-17)29-25-15-18(2)28-27(32-25)31-22-12-10-21(11-13-22)30-26(33)19-7-14-23(34-3)24(16-19)35-4/h5-16H,1-4H3,(H,30,33)(H2,28,29,31,32). The summed E-state index contributed by atoms with van der Waals surface area (Å²) in [5.41, 5.74) is 4.89. The smallest absolute Gasteiger partial charge is 0.255 e. The van der Waals surface area contributed by atoms with Crippen molar-refractivity contribution >= 4 is 34.7 Å². The maximum absolute atomic E-state index is 12.7. The lowest BCUT2D eigenvalue weighted by atomic mass is 10.1. The molecule has 0 fully saturated rings. The Bertz CT molecular complexity index is 1320. The summed E-state index contributed by atoms with van der Waals surface area (Å²) in [6, 6.07) is 22.3. The number of benzene rings is 3. The zero-order valence-corrected chi connectivity index (χ0v) is 20.0. The Labute approximate surface area is 204 Å². The Hall–Kier alpha value is -4.59. The third-order valence-corrected chi connectivity index (χ3v) is 5.22. The number of hydrogen-bond donors (Lipinski definition) is 3. The first kappa shape index (κ1) is 23.6. The van der Waals surface area contributed by atoms with Gasteiger partial charge in [0.25, 0.3) is 5.91 Å². The van der Waals surface area contributed by atoms with Crippen molar-refractivity contribution in [1.29, 1.82) is 0 Å². The molecule has 0 aliphatic heterocycles. The lowest BCUT2D eigenvalue weighted by Gasteiger charge is -2.12. The molecule has 35 heavy (non-hydrogen) atoms. The Morgan fingerprint density at radius 3 is 2.03 bits per heavy atom. The van der Waals surface area contributed by atoms with Gasteiger partial charge in [-0.15, -0.1) is 0 Å². The number of carbonyl (C=O) groups is 1. The average molecular weight is 470 g/mol. The average Bonchev–Trinajstić information content (AvgIpc) is 2.86. The van der Waals surface area contributed by atoms with Gasteiger partial charge in [0.15, 0.2) is 11.5 Å². The van der Waals surface area contributed by atoms with Gasteiger partial charge in [0, 0.05) is 34.4 Å². The summed E-state index contributed by atoms with van der Waals surface area (Å²) in [5.74, 6) is 1.98. The SMILES string of the molecule is COc1ccc(C(=O)Nc2ccc(Nc3nc(C)cc(Nc4ccc(C)cc4)n3)cc2)cc1OC. The van der Waals surface area contributed by atoms with E-state index in [0.717, 1.165) is 17.1 Å². The first-order valence-electron chi connectivity index (χ1n) is 11.0. The van der Waals surface area contributed by atoms with Gasteiger partial charge in [-0.05, 0) is 68.4 Å². The summed E-state index contributed by atoms with van der Waals surface area (Å²) in [6.07, 6.45) is 0. The summed E-state index contributed by atoms with van der Waals surface area (Å²) < 4.78 is 10.5. The molecule has 4 rings (SSSR count). The van der Waals surface area contributed by atoms with Gasteiger partial charge in [0.1, 0.15) is 5.82 Å². The van der Waals surface area contributed by atoms with E-state index in [1.54, 1.807) is 25.3 Å². The minimum atomic E-state index is -0.250. The number of rotatable bonds is 8. The molecule has 0 aliphatic carbocycles. The molecule has 0 atom stereocenters. The highest BCUT2D eigenvalue weighted by Gasteiger charge is 2.11. The second kappa shape index (κ2) is 10.6. The van der Waals surface area contributed by atoms with Gasteiger partial charge in [0.2, 0.25) is 5.95 Å². The fourth-order valence-electron chi connectivity index (χ4n) is 3.42. The van der Waals surface area contributed by atoms with E-state index in [1.165, 1.54) is 12.7 Å². The molecule has 0 radical (unpaired) electrons. The molecule has 1 amide bonds. The molecule has 0 bridgehead atoms. The fourth-order valence-corrected chi connectivity index (χ4v) is 3.42. The number of ether oxygens (including phenoxy) is 2.